The fourth-order valence-electron chi connectivity index (χ4n) is 2.60. The van der Waals surface area contributed by atoms with Crippen molar-refractivity contribution in [1.82, 2.24) is 5.32 Å². The summed E-state index contributed by atoms with van der Waals surface area (Å²) in [6.07, 6.45) is -8.55. The lowest BCUT2D eigenvalue weighted by Gasteiger charge is -2.24. The fourth-order valence-corrected chi connectivity index (χ4v) is 5.14. The molecular weight excluding hydrogens is 454 g/mol. The summed E-state index contributed by atoms with van der Waals surface area (Å²) in [6, 6.07) is 2.59. The van der Waals surface area contributed by atoms with Gasteiger partial charge in [-0.3, -0.25) is 4.79 Å². The average Bonchev–Trinajstić information content (AvgIpc) is 2.65. The third-order valence-electron chi connectivity index (χ3n) is 4.38. The molecule has 0 aromatic heterocycles. The van der Waals surface area contributed by atoms with Crippen molar-refractivity contribution in [2.24, 2.45) is 0 Å². The second kappa shape index (κ2) is 10.2. The predicted octanol–water partition coefficient (Wildman–Crippen LogP) is 4.92. The molecule has 1 saturated heterocycles. The van der Waals surface area contributed by atoms with Crippen molar-refractivity contribution in [2.45, 2.75) is 36.9 Å². The van der Waals surface area contributed by atoms with E-state index in [1.165, 1.54) is 11.9 Å². The van der Waals surface area contributed by atoms with Crippen LogP contribution in [0.15, 0.2) is 30.4 Å². The van der Waals surface area contributed by atoms with Crippen LogP contribution in [0.5, 0.6) is 0 Å². The summed E-state index contributed by atoms with van der Waals surface area (Å²) in [6.45, 7) is 2.46. The first kappa shape index (κ1) is 24.7. The molecule has 1 aliphatic rings. The van der Waals surface area contributed by atoms with Gasteiger partial charge in [0.05, 0.1) is 16.8 Å². The molecule has 0 unspecified atom stereocenters. The van der Waals surface area contributed by atoms with E-state index < -0.39 is 53.5 Å². The molecule has 0 radical (unpaired) electrons. The van der Waals surface area contributed by atoms with Crippen LogP contribution in [0.4, 0.5) is 32.0 Å². The summed E-state index contributed by atoms with van der Waals surface area (Å²) in [5, 5.41) is 2.29. The number of hydrogen-bond acceptors (Lipinski definition) is 4. The van der Waals surface area contributed by atoms with E-state index in [1.54, 1.807) is 0 Å². The molecule has 0 saturated carbocycles. The Balaban J connectivity index is 2.09. The van der Waals surface area contributed by atoms with E-state index in [4.69, 9.17) is 0 Å². The van der Waals surface area contributed by atoms with E-state index in [1.807, 2.05) is 0 Å². The summed E-state index contributed by atoms with van der Waals surface area (Å²) in [7, 11) is 0. The normalized spacial score (nSPS) is 20.0. The van der Waals surface area contributed by atoms with Crippen molar-refractivity contribution in [3.05, 3.63) is 41.5 Å². The van der Waals surface area contributed by atoms with Gasteiger partial charge in [-0.15, -0.1) is 0 Å². The monoisotopic (exact) mass is 474 g/mol. The Hall–Kier alpha value is -1.53. The second-order valence-corrected chi connectivity index (χ2v) is 9.44. The highest BCUT2D eigenvalue weighted by Crippen LogP contribution is 2.34. The van der Waals surface area contributed by atoms with Gasteiger partial charge in [-0.2, -0.15) is 26.3 Å². The Morgan fingerprint density at radius 1 is 1.20 bits per heavy atom. The van der Waals surface area contributed by atoms with Crippen LogP contribution in [0.3, 0.4) is 0 Å². The number of halogens is 6. The van der Waals surface area contributed by atoms with Crippen molar-refractivity contribution >= 4 is 34.7 Å². The standard InChI is InChI=1S/C18H20F6N2O2S2/c1-11(17(19,20)21)4-7-25-16(27)14-10-12(18(22,23)24)2-3-15(14)26-29-13-5-8-30(28)9-6-13/h2-3,10,13,26H,1,4-9H2,(H,25,27). The summed E-state index contributed by atoms with van der Waals surface area (Å²) >= 11 is 0.356. The van der Waals surface area contributed by atoms with Crippen LogP contribution in [-0.4, -0.2) is 39.9 Å². The van der Waals surface area contributed by atoms with Gasteiger partial charge in [-0.1, -0.05) is 17.8 Å². The maximum Gasteiger partial charge on any atom is 0.416 e. The first-order valence-corrected chi connectivity index (χ1v) is 11.3. The molecule has 1 fully saturated rings. The van der Waals surface area contributed by atoms with Crippen molar-refractivity contribution in [3.8, 4) is 0 Å². The van der Waals surface area contributed by atoms with E-state index in [0.29, 0.717) is 30.4 Å². The summed E-state index contributed by atoms with van der Waals surface area (Å²) in [4.78, 5) is 12.4. The highest BCUT2D eigenvalue weighted by Gasteiger charge is 2.33. The zero-order chi connectivity index (χ0) is 22.5. The molecule has 1 heterocycles. The molecule has 0 aliphatic carbocycles. The van der Waals surface area contributed by atoms with Crippen LogP contribution >= 0.6 is 11.9 Å². The molecule has 1 amide bonds. The highest BCUT2D eigenvalue weighted by atomic mass is 32.2. The molecule has 12 heteroatoms. The SMILES string of the molecule is C=C(CCNC(=O)c1cc(C(F)(F)F)ccc1NSC1CC[S+]([O-])CC1)C(F)(F)F. The Kier molecular flexibility index (Phi) is 8.40. The molecule has 30 heavy (non-hydrogen) atoms. The minimum Gasteiger partial charge on any atom is -0.616 e. The first-order valence-electron chi connectivity index (χ1n) is 8.89. The quantitative estimate of drug-likeness (QED) is 0.255. The third-order valence-corrected chi connectivity index (χ3v) is 6.90. The zero-order valence-corrected chi connectivity index (χ0v) is 17.3. The number of carbonyl (C=O) groups is 1. The predicted molar refractivity (Wildman–Crippen MR) is 106 cm³/mol. The molecule has 4 nitrogen and oxygen atoms in total. The smallest absolute Gasteiger partial charge is 0.416 e. The Labute approximate surface area is 177 Å². The average molecular weight is 474 g/mol. The zero-order valence-electron chi connectivity index (χ0n) is 15.7. The summed E-state index contributed by atoms with van der Waals surface area (Å²) in [5.74, 6) is 0.134. The van der Waals surface area contributed by atoms with Gasteiger partial charge < -0.3 is 14.6 Å². The number of rotatable bonds is 7. The van der Waals surface area contributed by atoms with Gasteiger partial charge in [0, 0.05) is 30.2 Å². The lowest BCUT2D eigenvalue weighted by molar-refractivity contribution is -0.137. The number of benzene rings is 1. The number of anilines is 1. The highest BCUT2D eigenvalue weighted by molar-refractivity contribution is 8.01. The molecule has 0 atom stereocenters. The van der Waals surface area contributed by atoms with Gasteiger partial charge in [-0.25, -0.2) is 0 Å². The Morgan fingerprint density at radius 3 is 2.40 bits per heavy atom. The number of carbonyl (C=O) groups excluding carboxylic acids is 1. The van der Waals surface area contributed by atoms with Crippen LogP contribution in [0.2, 0.25) is 0 Å². The molecule has 2 N–H and O–H groups in total. The number of hydrogen-bond donors (Lipinski definition) is 2. The maximum atomic E-state index is 13.0. The van der Waals surface area contributed by atoms with Gasteiger partial charge in [0.15, 0.2) is 0 Å². The minimum atomic E-state index is -4.68. The molecule has 1 aromatic rings. The van der Waals surface area contributed by atoms with E-state index in [0.717, 1.165) is 12.1 Å². The van der Waals surface area contributed by atoms with E-state index in [-0.39, 0.29) is 16.5 Å². The third kappa shape index (κ3) is 7.31. The van der Waals surface area contributed by atoms with Gasteiger partial charge in [0.1, 0.15) is 11.5 Å². The minimum absolute atomic E-state index is 0.0796. The van der Waals surface area contributed by atoms with Gasteiger partial charge in [0.25, 0.3) is 5.91 Å². The second-order valence-electron chi connectivity index (χ2n) is 6.63. The van der Waals surface area contributed by atoms with Gasteiger partial charge in [-0.05, 0) is 36.6 Å². The van der Waals surface area contributed by atoms with Crippen molar-refractivity contribution < 1.29 is 35.7 Å². The lowest BCUT2D eigenvalue weighted by Crippen LogP contribution is -2.28. The van der Waals surface area contributed by atoms with Crippen LogP contribution in [0.25, 0.3) is 0 Å². The molecule has 1 aliphatic heterocycles. The van der Waals surface area contributed by atoms with Crippen LogP contribution < -0.4 is 10.0 Å². The van der Waals surface area contributed by atoms with Crippen molar-refractivity contribution in [2.75, 3.05) is 22.8 Å². The number of nitrogens with one attached hydrogen (secondary N) is 2. The fraction of sp³-hybridized carbons (Fsp3) is 0.500. The van der Waals surface area contributed by atoms with Crippen LogP contribution in [0, 0.1) is 0 Å². The number of alkyl halides is 6. The van der Waals surface area contributed by atoms with Crippen molar-refractivity contribution in [3.63, 3.8) is 0 Å². The Morgan fingerprint density at radius 2 is 1.83 bits per heavy atom. The van der Waals surface area contributed by atoms with E-state index >= 15 is 0 Å². The van der Waals surface area contributed by atoms with Gasteiger partial charge in [0.2, 0.25) is 0 Å². The molecule has 2 rings (SSSR count). The number of amides is 1. The summed E-state index contributed by atoms with van der Waals surface area (Å²) < 4.78 is 90.8. The van der Waals surface area contributed by atoms with Gasteiger partial charge >= 0.3 is 12.4 Å². The van der Waals surface area contributed by atoms with E-state index in [2.05, 4.69) is 16.6 Å². The molecular formula is C18H20F6N2O2S2. The molecule has 168 valence electrons. The largest absolute Gasteiger partial charge is 0.616 e. The van der Waals surface area contributed by atoms with Crippen molar-refractivity contribution in [1.29, 1.82) is 0 Å². The Bertz CT molecular complexity index is 762. The van der Waals surface area contributed by atoms with E-state index in [9.17, 15) is 35.7 Å². The maximum absolute atomic E-state index is 13.0. The van der Waals surface area contributed by atoms with Crippen LogP contribution in [-0.2, 0) is 17.4 Å². The molecule has 0 bridgehead atoms. The first-order chi connectivity index (χ1) is 13.9. The lowest BCUT2D eigenvalue weighted by atomic mass is 10.1. The van der Waals surface area contributed by atoms with Crippen LogP contribution in [0.1, 0.15) is 35.2 Å². The molecule has 0 spiro atoms. The summed E-state index contributed by atoms with van der Waals surface area (Å²) in [5.41, 5.74) is -2.30. The molecule has 1 aromatic carbocycles. The topological polar surface area (TPSA) is 64.2 Å².